The van der Waals surface area contributed by atoms with Gasteiger partial charge in [0.15, 0.2) is 11.5 Å². The Balaban J connectivity index is 2.06. The number of ether oxygens (including phenoxy) is 2. The number of nitrogens with one attached hydrogen (secondary N) is 1. The Hall–Kier alpha value is -1.43. The zero-order chi connectivity index (χ0) is 14.1. The van der Waals surface area contributed by atoms with Crippen LogP contribution in [0.15, 0.2) is 18.2 Å². The van der Waals surface area contributed by atoms with Crippen LogP contribution in [0.1, 0.15) is 18.9 Å². The maximum Gasteiger partial charge on any atom is 0.406 e. The van der Waals surface area contributed by atoms with E-state index in [0.29, 0.717) is 17.9 Å². The summed E-state index contributed by atoms with van der Waals surface area (Å²) in [4.78, 5) is 0. The lowest BCUT2D eigenvalue weighted by atomic mass is 9.92. The monoisotopic (exact) mass is 275 g/mol. The Morgan fingerprint density at radius 2 is 1.89 bits per heavy atom. The third-order valence-electron chi connectivity index (χ3n) is 3.53. The van der Waals surface area contributed by atoms with Crippen molar-refractivity contribution >= 4 is 0 Å². The van der Waals surface area contributed by atoms with Gasteiger partial charge >= 0.3 is 6.18 Å². The second-order valence-corrected chi connectivity index (χ2v) is 4.77. The maximum atomic E-state index is 12.9. The molecule has 1 heterocycles. The van der Waals surface area contributed by atoms with E-state index in [-0.39, 0.29) is 13.2 Å². The second-order valence-electron chi connectivity index (χ2n) is 4.77. The Morgan fingerprint density at radius 3 is 2.53 bits per heavy atom. The number of alkyl halides is 3. The van der Waals surface area contributed by atoms with Crippen LogP contribution in [0.2, 0.25) is 0 Å². The summed E-state index contributed by atoms with van der Waals surface area (Å²) in [5.41, 5.74) is -1.08. The fourth-order valence-corrected chi connectivity index (χ4v) is 1.90. The third-order valence-corrected chi connectivity index (χ3v) is 3.53. The lowest BCUT2D eigenvalue weighted by Gasteiger charge is -2.31. The van der Waals surface area contributed by atoms with Gasteiger partial charge in [-0.25, -0.2) is 0 Å². The van der Waals surface area contributed by atoms with Gasteiger partial charge in [0, 0.05) is 0 Å². The van der Waals surface area contributed by atoms with E-state index in [9.17, 15) is 13.2 Å². The van der Waals surface area contributed by atoms with Crippen molar-refractivity contribution in [3.8, 4) is 11.5 Å². The highest BCUT2D eigenvalue weighted by molar-refractivity contribution is 5.44. The Kier molecular flexibility index (Phi) is 3.62. The van der Waals surface area contributed by atoms with Crippen LogP contribution < -0.4 is 14.8 Å². The topological polar surface area (TPSA) is 30.5 Å². The lowest BCUT2D eigenvalue weighted by molar-refractivity contribution is -0.191. The standard InChI is InChI=1S/C13H16F3NO2/c1-12(17-2,13(14,15)16)6-5-9-3-4-10-11(7-9)19-8-18-10/h3-4,7,17H,5-6,8H2,1-2H3. The van der Waals surface area contributed by atoms with Crippen LogP contribution in [0.25, 0.3) is 0 Å². The Bertz CT molecular complexity index is 462. The molecule has 0 bridgehead atoms. The SMILES string of the molecule is CNC(C)(CCc1ccc2c(c1)OCO2)C(F)(F)F. The minimum absolute atomic E-state index is 0.0351. The molecular weight excluding hydrogens is 259 g/mol. The van der Waals surface area contributed by atoms with E-state index >= 15 is 0 Å². The molecule has 1 atom stereocenters. The molecule has 19 heavy (non-hydrogen) atoms. The molecule has 0 spiro atoms. The molecule has 6 heteroatoms. The van der Waals surface area contributed by atoms with Gasteiger partial charge in [-0.1, -0.05) is 6.07 Å². The highest BCUT2D eigenvalue weighted by Crippen LogP contribution is 2.36. The highest BCUT2D eigenvalue weighted by atomic mass is 19.4. The van der Waals surface area contributed by atoms with E-state index in [2.05, 4.69) is 5.32 Å². The van der Waals surface area contributed by atoms with Crippen LogP contribution in [-0.4, -0.2) is 25.6 Å². The van der Waals surface area contributed by atoms with Gasteiger partial charge in [0.25, 0.3) is 0 Å². The molecule has 1 unspecified atom stereocenters. The van der Waals surface area contributed by atoms with Gasteiger partial charge in [-0.05, 0) is 44.5 Å². The highest BCUT2D eigenvalue weighted by Gasteiger charge is 2.49. The molecule has 0 saturated heterocycles. The number of hydrogen-bond donors (Lipinski definition) is 1. The van der Waals surface area contributed by atoms with Crippen LogP contribution in [0, 0.1) is 0 Å². The molecule has 0 fully saturated rings. The van der Waals surface area contributed by atoms with Crippen LogP contribution >= 0.6 is 0 Å². The average Bonchev–Trinajstić information content (AvgIpc) is 2.81. The fraction of sp³-hybridized carbons (Fsp3) is 0.538. The largest absolute Gasteiger partial charge is 0.454 e. The number of benzene rings is 1. The van der Waals surface area contributed by atoms with Gasteiger partial charge in [0.2, 0.25) is 6.79 Å². The van der Waals surface area contributed by atoms with Gasteiger partial charge in [-0.15, -0.1) is 0 Å². The molecule has 3 nitrogen and oxygen atoms in total. The van der Waals surface area contributed by atoms with Crippen molar-refractivity contribution in [2.75, 3.05) is 13.8 Å². The number of halogens is 3. The fourth-order valence-electron chi connectivity index (χ4n) is 1.90. The predicted molar refractivity (Wildman–Crippen MR) is 64.4 cm³/mol. The normalized spacial score (nSPS) is 17.3. The molecular formula is C13H16F3NO2. The molecule has 1 aliphatic heterocycles. The van der Waals surface area contributed by atoms with E-state index in [0.717, 1.165) is 5.56 Å². The van der Waals surface area contributed by atoms with Gasteiger partial charge < -0.3 is 14.8 Å². The van der Waals surface area contributed by atoms with Crippen molar-refractivity contribution in [1.29, 1.82) is 0 Å². The quantitative estimate of drug-likeness (QED) is 0.916. The first-order valence-electron chi connectivity index (χ1n) is 6.00. The smallest absolute Gasteiger partial charge is 0.406 e. The van der Waals surface area contributed by atoms with Crippen LogP contribution in [0.3, 0.4) is 0 Å². The van der Waals surface area contributed by atoms with Gasteiger partial charge in [-0.3, -0.25) is 0 Å². The summed E-state index contributed by atoms with van der Waals surface area (Å²) in [5.74, 6) is 1.23. The van der Waals surface area contributed by atoms with Gasteiger partial charge in [0.1, 0.15) is 5.54 Å². The van der Waals surface area contributed by atoms with E-state index in [4.69, 9.17) is 9.47 Å². The Labute approximate surface area is 109 Å². The molecule has 2 rings (SSSR count). The van der Waals surface area contributed by atoms with Crippen molar-refractivity contribution in [3.05, 3.63) is 23.8 Å². The molecule has 0 saturated carbocycles. The molecule has 0 radical (unpaired) electrons. The third kappa shape index (κ3) is 2.78. The van der Waals surface area contributed by atoms with Crippen molar-refractivity contribution in [1.82, 2.24) is 5.32 Å². The summed E-state index contributed by atoms with van der Waals surface area (Å²) in [5, 5.41) is 2.36. The van der Waals surface area contributed by atoms with Crippen LogP contribution in [-0.2, 0) is 6.42 Å². The zero-order valence-electron chi connectivity index (χ0n) is 10.8. The molecule has 0 aliphatic carbocycles. The first-order valence-corrected chi connectivity index (χ1v) is 6.00. The summed E-state index contributed by atoms with van der Waals surface area (Å²) in [6, 6.07) is 5.22. The molecule has 0 aromatic heterocycles. The van der Waals surface area contributed by atoms with Crippen LogP contribution in [0.5, 0.6) is 11.5 Å². The number of hydrogen-bond acceptors (Lipinski definition) is 3. The maximum absolute atomic E-state index is 12.9. The number of fused-ring (bicyclic) bond motifs is 1. The lowest BCUT2D eigenvalue weighted by Crippen LogP contribution is -2.53. The van der Waals surface area contributed by atoms with Crippen molar-refractivity contribution in [2.24, 2.45) is 0 Å². The zero-order valence-corrected chi connectivity index (χ0v) is 10.8. The molecule has 0 amide bonds. The van der Waals surface area contributed by atoms with Crippen molar-refractivity contribution in [3.63, 3.8) is 0 Å². The molecule has 1 aliphatic rings. The minimum Gasteiger partial charge on any atom is -0.454 e. The van der Waals surface area contributed by atoms with E-state index < -0.39 is 11.7 Å². The van der Waals surface area contributed by atoms with Crippen LogP contribution in [0.4, 0.5) is 13.2 Å². The molecule has 1 aromatic carbocycles. The summed E-state index contributed by atoms with van der Waals surface area (Å²) in [6.45, 7) is 1.33. The van der Waals surface area contributed by atoms with Crippen molar-refractivity contribution in [2.45, 2.75) is 31.5 Å². The molecule has 106 valence electrons. The van der Waals surface area contributed by atoms with Gasteiger partial charge in [-0.2, -0.15) is 13.2 Å². The van der Waals surface area contributed by atoms with Crippen molar-refractivity contribution < 1.29 is 22.6 Å². The first-order chi connectivity index (χ1) is 8.86. The Morgan fingerprint density at radius 1 is 1.21 bits per heavy atom. The molecule has 1 aromatic rings. The number of aryl methyl sites for hydroxylation is 1. The van der Waals surface area contributed by atoms with E-state index in [1.165, 1.54) is 14.0 Å². The van der Waals surface area contributed by atoms with E-state index in [1.807, 2.05) is 0 Å². The second kappa shape index (κ2) is 4.92. The van der Waals surface area contributed by atoms with E-state index in [1.54, 1.807) is 18.2 Å². The summed E-state index contributed by atoms with van der Waals surface area (Å²) >= 11 is 0. The van der Waals surface area contributed by atoms with Gasteiger partial charge in [0.05, 0.1) is 0 Å². The summed E-state index contributed by atoms with van der Waals surface area (Å²) in [6.07, 6.45) is -4.00. The predicted octanol–water partition coefficient (Wildman–Crippen LogP) is 2.89. The summed E-state index contributed by atoms with van der Waals surface area (Å²) < 4.78 is 49.1. The number of rotatable bonds is 4. The first kappa shape index (κ1) is 14.0. The minimum atomic E-state index is -4.28. The average molecular weight is 275 g/mol. The molecule has 1 N–H and O–H groups in total. The summed E-state index contributed by atoms with van der Waals surface area (Å²) in [7, 11) is 1.33.